The van der Waals surface area contributed by atoms with E-state index in [9.17, 15) is 0 Å². The molecule has 3 aromatic rings. The first-order valence-corrected chi connectivity index (χ1v) is 6.57. The fourth-order valence-electron chi connectivity index (χ4n) is 1.95. The summed E-state index contributed by atoms with van der Waals surface area (Å²) in [6.07, 6.45) is 3.63. The van der Waals surface area contributed by atoms with Crippen molar-refractivity contribution in [1.82, 2.24) is 4.98 Å². The van der Waals surface area contributed by atoms with Crippen molar-refractivity contribution in [1.29, 1.82) is 0 Å². The van der Waals surface area contributed by atoms with Crippen molar-refractivity contribution in [2.75, 3.05) is 11.9 Å². The highest BCUT2D eigenvalue weighted by Crippen LogP contribution is 2.28. The summed E-state index contributed by atoms with van der Waals surface area (Å²) < 4.78 is 5.77. The second-order valence-electron chi connectivity index (χ2n) is 4.26. The molecule has 2 aromatic heterocycles. The molecule has 4 nitrogen and oxygen atoms in total. The minimum absolute atomic E-state index is 0.547. The number of aromatic nitrogens is 2. The lowest BCUT2D eigenvalue weighted by Gasteiger charge is -1.99. The SMILES string of the molecule is C=CCNc1[nH+]cccc1-c1nc2cc(Cl)ccc2o1. The van der Waals surface area contributed by atoms with Gasteiger partial charge in [0.15, 0.2) is 5.58 Å². The summed E-state index contributed by atoms with van der Waals surface area (Å²) >= 11 is 5.96. The van der Waals surface area contributed by atoms with Crippen LogP contribution in [0.2, 0.25) is 5.02 Å². The summed E-state index contributed by atoms with van der Waals surface area (Å²) in [5.74, 6) is 1.38. The third-order valence-corrected chi connectivity index (χ3v) is 3.09. The van der Waals surface area contributed by atoms with Gasteiger partial charge in [-0.25, -0.2) is 9.97 Å². The molecule has 2 N–H and O–H groups in total. The minimum atomic E-state index is 0.547. The highest BCUT2D eigenvalue weighted by molar-refractivity contribution is 6.31. The number of hydrogen-bond acceptors (Lipinski definition) is 3. The van der Waals surface area contributed by atoms with Gasteiger partial charge in [-0.1, -0.05) is 24.3 Å². The number of H-pyrrole nitrogens is 1. The number of fused-ring (bicyclic) bond motifs is 1. The first kappa shape index (κ1) is 12.7. The second kappa shape index (κ2) is 5.35. The van der Waals surface area contributed by atoms with Crippen molar-refractivity contribution in [2.24, 2.45) is 0 Å². The molecule has 0 atom stereocenters. The predicted molar refractivity (Wildman–Crippen MR) is 79.7 cm³/mol. The minimum Gasteiger partial charge on any atom is -0.436 e. The summed E-state index contributed by atoms with van der Waals surface area (Å²) in [5, 5.41) is 3.86. The zero-order valence-corrected chi connectivity index (χ0v) is 11.4. The summed E-state index contributed by atoms with van der Waals surface area (Å²) in [6.45, 7) is 4.34. The molecule has 0 unspecified atom stereocenters. The van der Waals surface area contributed by atoms with Gasteiger partial charge in [0.05, 0.1) is 6.20 Å². The Bertz CT molecular complexity index is 767. The normalized spacial score (nSPS) is 10.7. The van der Waals surface area contributed by atoms with Gasteiger partial charge in [-0.3, -0.25) is 5.32 Å². The van der Waals surface area contributed by atoms with Gasteiger partial charge in [0.25, 0.3) is 5.82 Å². The van der Waals surface area contributed by atoms with Crippen LogP contribution in [0.5, 0.6) is 0 Å². The fourth-order valence-corrected chi connectivity index (χ4v) is 2.12. The third-order valence-electron chi connectivity index (χ3n) is 2.86. The van der Waals surface area contributed by atoms with E-state index >= 15 is 0 Å². The Kier molecular flexibility index (Phi) is 3.39. The first-order chi connectivity index (χ1) is 9.78. The van der Waals surface area contributed by atoms with Crippen LogP contribution in [0.15, 0.2) is 53.6 Å². The smallest absolute Gasteiger partial charge is 0.285 e. The molecule has 0 spiro atoms. The monoisotopic (exact) mass is 286 g/mol. The van der Waals surface area contributed by atoms with E-state index in [1.54, 1.807) is 18.2 Å². The zero-order chi connectivity index (χ0) is 13.9. The first-order valence-electron chi connectivity index (χ1n) is 6.20. The van der Waals surface area contributed by atoms with Crippen molar-refractivity contribution < 1.29 is 9.40 Å². The third kappa shape index (κ3) is 2.38. The Morgan fingerprint density at radius 2 is 2.30 bits per heavy atom. The Hall–Kier alpha value is -2.33. The van der Waals surface area contributed by atoms with Crippen molar-refractivity contribution >= 4 is 28.5 Å². The predicted octanol–water partition coefficient (Wildman–Crippen LogP) is 3.56. The van der Waals surface area contributed by atoms with Gasteiger partial charge in [0, 0.05) is 5.02 Å². The number of anilines is 1. The fraction of sp³-hybridized carbons (Fsp3) is 0.0667. The molecule has 1 aromatic carbocycles. The Morgan fingerprint density at radius 1 is 1.40 bits per heavy atom. The van der Waals surface area contributed by atoms with E-state index in [0.29, 0.717) is 23.0 Å². The van der Waals surface area contributed by atoms with Crippen molar-refractivity contribution in [3.63, 3.8) is 0 Å². The van der Waals surface area contributed by atoms with Crippen molar-refractivity contribution in [2.45, 2.75) is 0 Å². The van der Waals surface area contributed by atoms with E-state index < -0.39 is 0 Å². The lowest BCUT2D eigenvalue weighted by atomic mass is 10.2. The number of nitrogens with one attached hydrogen (secondary N) is 2. The van der Waals surface area contributed by atoms with Crippen LogP contribution in [-0.4, -0.2) is 11.5 Å². The molecule has 3 rings (SSSR count). The maximum absolute atomic E-state index is 5.96. The highest BCUT2D eigenvalue weighted by Gasteiger charge is 2.16. The van der Waals surface area contributed by atoms with E-state index in [0.717, 1.165) is 16.9 Å². The molecular weight excluding hydrogens is 274 g/mol. The number of pyridine rings is 1. The number of oxazole rings is 1. The van der Waals surface area contributed by atoms with Gasteiger partial charge in [0.2, 0.25) is 5.89 Å². The number of halogens is 1. The lowest BCUT2D eigenvalue weighted by molar-refractivity contribution is -0.360. The second-order valence-corrected chi connectivity index (χ2v) is 4.70. The van der Waals surface area contributed by atoms with Gasteiger partial charge < -0.3 is 4.42 Å². The molecule has 0 fully saturated rings. The number of benzene rings is 1. The van der Waals surface area contributed by atoms with E-state index in [1.807, 2.05) is 24.4 Å². The maximum atomic E-state index is 5.96. The molecule has 5 heteroatoms. The van der Waals surface area contributed by atoms with Crippen LogP contribution in [0.4, 0.5) is 5.82 Å². The summed E-state index contributed by atoms with van der Waals surface area (Å²) in [5.41, 5.74) is 2.32. The maximum Gasteiger partial charge on any atom is 0.285 e. The van der Waals surface area contributed by atoms with Crippen LogP contribution in [0.25, 0.3) is 22.6 Å². The number of rotatable bonds is 4. The van der Waals surface area contributed by atoms with Crippen molar-refractivity contribution in [3.05, 3.63) is 54.2 Å². The molecule has 0 amide bonds. The van der Waals surface area contributed by atoms with Crippen LogP contribution in [0.1, 0.15) is 0 Å². The topological polar surface area (TPSA) is 52.2 Å². The van der Waals surface area contributed by atoms with Crippen LogP contribution < -0.4 is 10.3 Å². The molecule has 0 radical (unpaired) electrons. The number of nitrogens with zero attached hydrogens (tertiary/aromatic N) is 1. The molecule has 0 saturated carbocycles. The van der Waals surface area contributed by atoms with Gasteiger partial charge >= 0.3 is 0 Å². The molecule has 0 bridgehead atoms. The molecule has 100 valence electrons. The van der Waals surface area contributed by atoms with Crippen LogP contribution in [0.3, 0.4) is 0 Å². The summed E-state index contributed by atoms with van der Waals surface area (Å²) in [6, 6.07) is 9.22. The number of hydrogen-bond donors (Lipinski definition) is 1. The Balaban J connectivity index is 2.08. The molecule has 0 saturated heterocycles. The molecule has 0 aliphatic heterocycles. The van der Waals surface area contributed by atoms with Crippen LogP contribution in [-0.2, 0) is 0 Å². The lowest BCUT2D eigenvalue weighted by Crippen LogP contribution is -2.13. The molecule has 0 aliphatic rings. The average Bonchev–Trinajstić information content (AvgIpc) is 2.88. The van der Waals surface area contributed by atoms with Gasteiger partial charge in [0.1, 0.15) is 17.6 Å². The van der Waals surface area contributed by atoms with Gasteiger partial charge in [-0.05, 0) is 30.3 Å². The Morgan fingerprint density at radius 3 is 3.15 bits per heavy atom. The van der Waals surface area contributed by atoms with Gasteiger partial charge in [-0.15, -0.1) is 0 Å². The highest BCUT2D eigenvalue weighted by atomic mass is 35.5. The zero-order valence-electron chi connectivity index (χ0n) is 10.7. The van der Waals surface area contributed by atoms with Gasteiger partial charge in [-0.2, -0.15) is 0 Å². The summed E-state index contributed by atoms with van der Waals surface area (Å²) in [7, 11) is 0. The Labute approximate surface area is 121 Å². The van der Waals surface area contributed by atoms with Crippen molar-refractivity contribution in [3.8, 4) is 11.5 Å². The van der Waals surface area contributed by atoms with E-state index in [-0.39, 0.29) is 0 Å². The standard InChI is InChI=1S/C15H12ClN3O/c1-2-7-17-14-11(4-3-8-18-14)15-19-12-9-10(16)5-6-13(12)20-15/h2-6,8-9H,1,7H2,(H,17,18)/p+1. The largest absolute Gasteiger partial charge is 0.436 e. The molecule has 0 aliphatic carbocycles. The summed E-state index contributed by atoms with van der Waals surface area (Å²) in [4.78, 5) is 7.62. The van der Waals surface area contributed by atoms with Crippen LogP contribution >= 0.6 is 11.6 Å². The quantitative estimate of drug-likeness (QED) is 0.746. The van der Waals surface area contributed by atoms with E-state index in [1.165, 1.54) is 0 Å². The molecule has 20 heavy (non-hydrogen) atoms. The van der Waals surface area contributed by atoms with Crippen LogP contribution in [0, 0.1) is 0 Å². The number of aromatic amines is 1. The van der Waals surface area contributed by atoms with E-state index in [2.05, 4.69) is 21.9 Å². The average molecular weight is 287 g/mol. The molecular formula is C15H13ClN3O+. The van der Waals surface area contributed by atoms with E-state index in [4.69, 9.17) is 16.0 Å². The molecule has 2 heterocycles.